The van der Waals surface area contributed by atoms with Crippen molar-refractivity contribution >= 4 is 21.1 Å². The van der Waals surface area contributed by atoms with Crippen LogP contribution in [0.3, 0.4) is 0 Å². The normalized spacial score (nSPS) is 11.9. The second-order valence-corrected chi connectivity index (χ2v) is 6.43. The van der Waals surface area contributed by atoms with Gasteiger partial charge in [-0.25, -0.2) is 0 Å². The minimum absolute atomic E-state index is 0.258. The maximum Gasteiger partial charge on any atom is 0.285 e. The summed E-state index contributed by atoms with van der Waals surface area (Å²) in [7, 11) is -3.73. The van der Waals surface area contributed by atoms with E-state index >= 15 is 0 Å². The van der Waals surface area contributed by atoms with Gasteiger partial charge in [-0.15, -0.1) is 9.19 Å². The topological polar surface area (TPSA) is 64.8 Å². The molecule has 20 heavy (non-hydrogen) atoms. The molecule has 0 unspecified atom stereocenters. The van der Waals surface area contributed by atoms with Crippen LogP contribution in [0.25, 0.3) is 11.0 Å². The van der Waals surface area contributed by atoms with Gasteiger partial charge in [0.15, 0.2) is 0 Å². The molecular formula is C14H13N3O2S. The third kappa shape index (κ3) is 1.89. The third-order valence-electron chi connectivity index (χ3n) is 3.17. The largest absolute Gasteiger partial charge is 0.285 e. The van der Waals surface area contributed by atoms with Crippen molar-refractivity contribution in [3.63, 3.8) is 0 Å². The van der Waals surface area contributed by atoms with Crippen molar-refractivity contribution in [1.82, 2.24) is 14.4 Å². The molecule has 0 aliphatic carbocycles. The lowest BCUT2D eigenvalue weighted by atomic mass is 10.2. The summed E-state index contributed by atoms with van der Waals surface area (Å²) in [6, 6.07) is 12.3. The molecule has 0 fully saturated rings. The monoisotopic (exact) mass is 287 g/mol. The minimum atomic E-state index is -3.73. The molecule has 3 rings (SSSR count). The zero-order valence-corrected chi connectivity index (χ0v) is 11.9. The van der Waals surface area contributed by atoms with E-state index in [4.69, 9.17) is 0 Å². The van der Waals surface area contributed by atoms with Gasteiger partial charge in [0.2, 0.25) is 0 Å². The van der Waals surface area contributed by atoms with Crippen molar-refractivity contribution in [2.24, 2.45) is 0 Å². The fraction of sp³-hybridized carbons (Fsp3) is 0.143. The van der Waals surface area contributed by atoms with Gasteiger partial charge in [0.1, 0.15) is 11.0 Å². The average molecular weight is 287 g/mol. The smallest absolute Gasteiger partial charge is 0.199 e. The molecule has 0 N–H and O–H groups in total. The lowest BCUT2D eigenvalue weighted by Crippen LogP contribution is -2.16. The Labute approximate surface area is 116 Å². The summed E-state index contributed by atoms with van der Waals surface area (Å²) in [5.74, 6) is 0. The third-order valence-corrected chi connectivity index (χ3v) is 4.89. The van der Waals surface area contributed by atoms with E-state index in [0.717, 1.165) is 9.65 Å². The maximum absolute atomic E-state index is 12.7. The zero-order valence-electron chi connectivity index (χ0n) is 11.1. The van der Waals surface area contributed by atoms with Gasteiger partial charge in [-0.05, 0) is 43.2 Å². The number of aryl methyl sites for hydroxylation is 2. The molecule has 0 saturated carbocycles. The first-order valence-corrected chi connectivity index (χ1v) is 7.57. The Hall–Kier alpha value is -2.21. The van der Waals surface area contributed by atoms with Crippen molar-refractivity contribution in [1.29, 1.82) is 0 Å². The predicted molar refractivity (Wildman–Crippen MR) is 76.0 cm³/mol. The highest BCUT2D eigenvalue weighted by Gasteiger charge is 2.23. The summed E-state index contributed by atoms with van der Waals surface area (Å²) in [6.45, 7) is 3.63. The SMILES string of the molecule is Cc1ccc(C)c(S(=O)(=O)n2nnc3ccccc32)c1. The van der Waals surface area contributed by atoms with Gasteiger partial charge in [0, 0.05) is 0 Å². The van der Waals surface area contributed by atoms with Crippen LogP contribution >= 0.6 is 0 Å². The molecule has 1 aromatic heterocycles. The van der Waals surface area contributed by atoms with Crippen molar-refractivity contribution < 1.29 is 8.42 Å². The summed E-state index contributed by atoms with van der Waals surface area (Å²) < 4.78 is 26.5. The summed E-state index contributed by atoms with van der Waals surface area (Å²) in [5.41, 5.74) is 2.61. The molecule has 2 aromatic carbocycles. The number of rotatable bonds is 2. The molecule has 0 amide bonds. The number of fused-ring (bicyclic) bond motifs is 1. The van der Waals surface area contributed by atoms with E-state index in [1.54, 1.807) is 43.3 Å². The Bertz CT molecular complexity index is 898. The quantitative estimate of drug-likeness (QED) is 0.725. The fourth-order valence-corrected chi connectivity index (χ4v) is 3.65. The molecule has 5 nitrogen and oxygen atoms in total. The van der Waals surface area contributed by atoms with Crippen LogP contribution in [-0.4, -0.2) is 22.8 Å². The molecule has 0 atom stereocenters. The summed E-state index contributed by atoms with van der Waals surface area (Å²) in [6.07, 6.45) is 0. The molecule has 0 spiro atoms. The number of hydrogen-bond acceptors (Lipinski definition) is 4. The Morgan fingerprint density at radius 3 is 2.60 bits per heavy atom. The van der Waals surface area contributed by atoms with Crippen molar-refractivity contribution in [3.8, 4) is 0 Å². The molecule has 0 aliphatic heterocycles. The standard InChI is InChI=1S/C14H13N3O2S/c1-10-7-8-11(2)14(9-10)20(18,19)17-13-6-4-3-5-12(13)15-16-17/h3-9H,1-2H3. The van der Waals surface area contributed by atoms with Crippen molar-refractivity contribution in [3.05, 3.63) is 53.6 Å². The Morgan fingerprint density at radius 1 is 1.05 bits per heavy atom. The van der Waals surface area contributed by atoms with Gasteiger partial charge in [-0.3, -0.25) is 0 Å². The first-order chi connectivity index (χ1) is 9.50. The van der Waals surface area contributed by atoms with Crippen LogP contribution in [-0.2, 0) is 10.0 Å². The van der Waals surface area contributed by atoms with Crippen LogP contribution in [0.1, 0.15) is 11.1 Å². The molecule has 0 radical (unpaired) electrons. The van der Waals surface area contributed by atoms with E-state index < -0.39 is 10.0 Å². The van der Waals surface area contributed by atoms with Crippen LogP contribution in [0, 0.1) is 13.8 Å². The van der Waals surface area contributed by atoms with E-state index in [0.29, 0.717) is 16.6 Å². The molecular weight excluding hydrogens is 274 g/mol. The van der Waals surface area contributed by atoms with Crippen LogP contribution in [0.15, 0.2) is 47.4 Å². The van der Waals surface area contributed by atoms with Crippen LogP contribution in [0.5, 0.6) is 0 Å². The number of benzene rings is 2. The highest BCUT2D eigenvalue weighted by Crippen LogP contribution is 2.22. The van der Waals surface area contributed by atoms with Gasteiger partial charge in [0.05, 0.1) is 4.90 Å². The molecule has 0 aliphatic rings. The lowest BCUT2D eigenvalue weighted by Gasteiger charge is -2.08. The highest BCUT2D eigenvalue weighted by molar-refractivity contribution is 7.90. The lowest BCUT2D eigenvalue weighted by molar-refractivity contribution is 0.579. The molecule has 3 aromatic rings. The minimum Gasteiger partial charge on any atom is -0.199 e. The summed E-state index contributed by atoms with van der Waals surface area (Å²) >= 11 is 0. The number of aromatic nitrogens is 3. The number of nitrogens with zero attached hydrogens (tertiary/aromatic N) is 3. The summed E-state index contributed by atoms with van der Waals surface area (Å²) in [5, 5.41) is 7.69. The van der Waals surface area contributed by atoms with Gasteiger partial charge < -0.3 is 0 Å². The zero-order chi connectivity index (χ0) is 14.3. The number of para-hydroxylation sites is 1. The van der Waals surface area contributed by atoms with Crippen molar-refractivity contribution in [2.45, 2.75) is 18.7 Å². The Balaban J connectivity index is 2.29. The predicted octanol–water partition coefficient (Wildman–Crippen LogP) is 2.29. The van der Waals surface area contributed by atoms with Gasteiger partial charge in [-0.1, -0.05) is 29.5 Å². The average Bonchev–Trinajstić information content (AvgIpc) is 2.86. The fourth-order valence-electron chi connectivity index (χ4n) is 2.10. The van der Waals surface area contributed by atoms with Gasteiger partial charge >= 0.3 is 0 Å². The molecule has 102 valence electrons. The van der Waals surface area contributed by atoms with Crippen LogP contribution < -0.4 is 0 Å². The summed E-state index contributed by atoms with van der Waals surface area (Å²) in [4.78, 5) is 0.258. The molecule has 1 heterocycles. The molecule has 0 saturated heterocycles. The maximum atomic E-state index is 12.7. The second-order valence-electron chi connectivity index (χ2n) is 4.70. The van der Waals surface area contributed by atoms with Gasteiger partial charge in [0.25, 0.3) is 10.0 Å². The molecule has 0 bridgehead atoms. The first-order valence-electron chi connectivity index (χ1n) is 6.13. The van der Waals surface area contributed by atoms with E-state index in [1.807, 2.05) is 13.0 Å². The molecule has 6 heteroatoms. The van der Waals surface area contributed by atoms with E-state index in [1.165, 1.54) is 0 Å². The Kier molecular flexibility index (Phi) is 2.83. The van der Waals surface area contributed by atoms with Crippen LogP contribution in [0.2, 0.25) is 0 Å². The Morgan fingerprint density at radius 2 is 1.80 bits per heavy atom. The van der Waals surface area contributed by atoms with E-state index in [2.05, 4.69) is 10.3 Å². The second kappa shape index (κ2) is 4.42. The highest BCUT2D eigenvalue weighted by atomic mass is 32.2. The van der Waals surface area contributed by atoms with E-state index in [-0.39, 0.29) is 4.90 Å². The van der Waals surface area contributed by atoms with E-state index in [9.17, 15) is 8.42 Å². The first kappa shape index (κ1) is 12.8. The van der Waals surface area contributed by atoms with Crippen molar-refractivity contribution in [2.75, 3.05) is 0 Å². The van der Waals surface area contributed by atoms with Gasteiger partial charge in [-0.2, -0.15) is 8.42 Å². The number of hydrogen-bond donors (Lipinski definition) is 0. The van der Waals surface area contributed by atoms with Crippen LogP contribution in [0.4, 0.5) is 0 Å².